The molecule has 0 spiro atoms. The molecule has 2 aromatic rings. The van der Waals surface area contributed by atoms with Crippen molar-refractivity contribution in [2.45, 2.75) is 70.2 Å². The Morgan fingerprint density at radius 2 is 2.03 bits per heavy atom. The minimum atomic E-state index is -0.971. The molecule has 39 heavy (non-hydrogen) atoms. The first-order valence-corrected chi connectivity index (χ1v) is 15.0. The van der Waals surface area contributed by atoms with Crippen LogP contribution in [0, 0.1) is 5.82 Å². The van der Waals surface area contributed by atoms with Crippen LogP contribution in [0.3, 0.4) is 0 Å². The molecular weight excluding hydrogens is 519 g/mol. The molecule has 1 aromatic carbocycles. The number of ether oxygens (including phenoxy) is 1. The maximum Gasteiger partial charge on any atom is 0.243 e. The van der Waals surface area contributed by atoms with E-state index in [9.17, 15) is 19.1 Å². The highest BCUT2D eigenvalue weighted by Crippen LogP contribution is 2.20. The maximum absolute atomic E-state index is 14.4. The van der Waals surface area contributed by atoms with E-state index in [4.69, 9.17) is 4.74 Å². The summed E-state index contributed by atoms with van der Waals surface area (Å²) >= 11 is 1.61. The molecule has 3 atom stereocenters. The van der Waals surface area contributed by atoms with E-state index in [0.717, 1.165) is 17.5 Å². The first-order chi connectivity index (χ1) is 18.8. The highest BCUT2D eigenvalue weighted by atomic mass is 32.2. The van der Waals surface area contributed by atoms with Crippen LogP contribution in [0.15, 0.2) is 36.7 Å². The molecule has 0 fully saturated rings. The molecule has 1 aliphatic heterocycles. The van der Waals surface area contributed by atoms with Crippen molar-refractivity contribution in [3.8, 4) is 5.75 Å². The first-order valence-electron chi connectivity index (χ1n) is 13.6. The zero-order valence-electron chi connectivity index (χ0n) is 23.1. The number of aliphatic hydroxyl groups is 1. The number of aromatic nitrogens is 1. The molecule has 0 aliphatic carbocycles. The van der Waals surface area contributed by atoms with Gasteiger partial charge in [-0.25, -0.2) is 4.39 Å². The zero-order valence-corrected chi connectivity index (χ0v) is 23.9. The van der Waals surface area contributed by atoms with Crippen molar-refractivity contribution >= 4 is 23.6 Å². The van der Waals surface area contributed by atoms with Gasteiger partial charge in [0.25, 0.3) is 0 Å². The Morgan fingerprint density at radius 1 is 1.23 bits per heavy atom. The Bertz CT molecular complexity index is 1090. The number of halogens is 1. The molecule has 1 aromatic heterocycles. The van der Waals surface area contributed by atoms with Gasteiger partial charge >= 0.3 is 0 Å². The molecule has 8 nitrogen and oxygen atoms in total. The van der Waals surface area contributed by atoms with Crippen LogP contribution in [0.2, 0.25) is 0 Å². The van der Waals surface area contributed by atoms with Gasteiger partial charge in [-0.3, -0.25) is 14.6 Å². The van der Waals surface area contributed by atoms with E-state index >= 15 is 0 Å². The normalized spacial score (nSPS) is 20.0. The number of hydrogen-bond acceptors (Lipinski definition) is 7. The van der Waals surface area contributed by atoms with E-state index < -0.39 is 24.0 Å². The Balaban J connectivity index is 1.82. The predicted molar refractivity (Wildman–Crippen MR) is 152 cm³/mol. The fourth-order valence-corrected chi connectivity index (χ4v) is 5.08. The molecule has 3 N–H and O–H groups in total. The van der Waals surface area contributed by atoms with Gasteiger partial charge in [0.1, 0.15) is 17.6 Å². The minimum absolute atomic E-state index is 0.112. The number of nitrogens with zero attached hydrogens (tertiary/aromatic N) is 2. The van der Waals surface area contributed by atoms with Crippen molar-refractivity contribution in [3.63, 3.8) is 0 Å². The standard InChI is InChI=1S/C29H41FN4O4S/c1-4-20-11-22(17-31-16-20)18-32-19-27(35)25-14-21-12-23(30)15-24(13-21)38-9-6-5-7-28(36)34(2)26(8-10-39-3)29(37)33-25/h11-13,15-17,25-27,32,35H,4-10,14,18-19H2,1-3H3,(H,33,37)/t25-,26-,27+/m0/s1. The number of pyridine rings is 1. The first kappa shape index (κ1) is 30.8. The van der Waals surface area contributed by atoms with Crippen LogP contribution in [-0.2, 0) is 29.0 Å². The number of carbonyl (C=O) groups excluding carboxylic acids is 2. The number of rotatable bonds is 9. The third-order valence-corrected chi connectivity index (χ3v) is 7.58. The number of thioether (sulfide) groups is 1. The van der Waals surface area contributed by atoms with Crippen LogP contribution in [0.4, 0.5) is 4.39 Å². The minimum Gasteiger partial charge on any atom is -0.493 e. The van der Waals surface area contributed by atoms with E-state index in [1.54, 1.807) is 31.1 Å². The van der Waals surface area contributed by atoms with Crippen LogP contribution >= 0.6 is 11.8 Å². The summed E-state index contributed by atoms with van der Waals surface area (Å²) in [5.74, 6) is 0.213. The van der Waals surface area contributed by atoms with Crippen LogP contribution < -0.4 is 15.4 Å². The second-order valence-electron chi connectivity index (χ2n) is 9.98. The van der Waals surface area contributed by atoms with Gasteiger partial charge in [-0.1, -0.05) is 13.0 Å². The van der Waals surface area contributed by atoms with Gasteiger partial charge in [-0.05, 0) is 72.9 Å². The van der Waals surface area contributed by atoms with E-state index in [1.165, 1.54) is 17.0 Å². The summed E-state index contributed by atoms with van der Waals surface area (Å²) in [4.78, 5) is 32.2. The van der Waals surface area contributed by atoms with E-state index in [2.05, 4.69) is 28.6 Å². The summed E-state index contributed by atoms with van der Waals surface area (Å²) in [6.07, 6.45) is 7.70. The highest BCUT2D eigenvalue weighted by Gasteiger charge is 2.30. The quantitative estimate of drug-likeness (QED) is 0.433. The Hall–Kier alpha value is -2.69. The predicted octanol–water partition coefficient (Wildman–Crippen LogP) is 3.10. The average molecular weight is 561 g/mol. The summed E-state index contributed by atoms with van der Waals surface area (Å²) in [6.45, 7) is 3.13. The van der Waals surface area contributed by atoms with Gasteiger partial charge in [-0.15, -0.1) is 0 Å². The van der Waals surface area contributed by atoms with Crippen molar-refractivity contribution in [1.82, 2.24) is 20.5 Å². The Kier molecular flexibility index (Phi) is 12.5. The largest absolute Gasteiger partial charge is 0.493 e. The topological polar surface area (TPSA) is 104 Å². The number of hydrogen-bond donors (Lipinski definition) is 3. The van der Waals surface area contributed by atoms with Crippen molar-refractivity contribution < 1.29 is 23.8 Å². The van der Waals surface area contributed by atoms with Crippen molar-refractivity contribution in [2.75, 3.05) is 32.2 Å². The monoisotopic (exact) mass is 560 g/mol. The molecular formula is C29H41FN4O4S. The lowest BCUT2D eigenvalue weighted by atomic mass is 9.99. The number of benzene rings is 1. The van der Waals surface area contributed by atoms with Crippen molar-refractivity contribution in [1.29, 1.82) is 0 Å². The fraction of sp³-hybridized carbons (Fsp3) is 0.552. The number of carbonyl (C=O) groups is 2. The highest BCUT2D eigenvalue weighted by molar-refractivity contribution is 7.98. The number of aliphatic hydroxyl groups excluding tert-OH is 1. The molecule has 214 valence electrons. The van der Waals surface area contributed by atoms with Crippen molar-refractivity contribution in [2.24, 2.45) is 0 Å². The molecule has 0 saturated carbocycles. The lowest BCUT2D eigenvalue weighted by Crippen LogP contribution is -2.55. The number of amides is 2. The molecule has 0 saturated heterocycles. The van der Waals surface area contributed by atoms with Gasteiger partial charge in [0.2, 0.25) is 11.8 Å². The van der Waals surface area contributed by atoms with Crippen molar-refractivity contribution in [3.05, 3.63) is 59.2 Å². The maximum atomic E-state index is 14.4. The summed E-state index contributed by atoms with van der Waals surface area (Å²) in [5.41, 5.74) is 2.73. The van der Waals surface area contributed by atoms with Gasteiger partial charge < -0.3 is 25.4 Å². The van der Waals surface area contributed by atoms with Gasteiger partial charge in [0.05, 0.1) is 18.8 Å². The van der Waals surface area contributed by atoms with Crippen LogP contribution in [0.25, 0.3) is 0 Å². The molecule has 1 aliphatic rings. The van der Waals surface area contributed by atoms with Gasteiger partial charge in [0, 0.05) is 45.0 Å². The number of fused-ring (bicyclic) bond motifs is 2. The summed E-state index contributed by atoms with van der Waals surface area (Å²) in [7, 11) is 1.66. The van der Waals surface area contributed by atoms with E-state index in [0.29, 0.717) is 55.9 Å². The fourth-order valence-electron chi connectivity index (χ4n) is 4.62. The summed E-state index contributed by atoms with van der Waals surface area (Å²) in [5, 5.41) is 17.4. The average Bonchev–Trinajstić information content (AvgIpc) is 2.92. The zero-order chi connectivity index (χ0) is 28.2. The Morgan fingerprint density at radius 3 is 2.79 bits per heavy atom. The molecule has 0 unspecified atom stereocenters. The summed E-state index contributed by atoms with van der Waals surface area (Å²) < 4.78 is 20.2. The second kappa shape index (κ2) is 15.8. The molecule has 3 rings (SSSR count). The molecule has 2 bridgehead atoms. The molecule has 2 amide bonds. The lowest BCUT2D eigenvalue weighted by Gasteiger charge is -2.31. The lowest BCUT2D eigenvalue weighted by molar-refractivity contribution is -0.139. The number of aryl methyl sites for hydroxylation is 1. The number of nitrogens with one attached hydrogen (secondary N) is 2. The summed E-state index contributed by atoms with van der Waals surface area (Å²) in [6, 6.07) is 5.14. The van der Waals surface area contributed by atoms with E-state index in [-0.39, 0.29) is 24.8 Å². The van der Waals surface area contributed by atoms with Crippen LogP contribution in [0.5, 0.6) is 5.75 Å². The van der Waals surface area contributed by atoms with Gasteiger partial charge in [0.15, 0.2) is 0 Å². The Labute approximate surface area is 235 Å². The second-order valence-corrected chi connectivity index (χ2v) is 11.0. The molecule has 0 radical (unpaired) electrons. The SMILES string of the molecule is CCc1cncc(CNC[C@@H](O)[C@@H]2Cc3cc(F)cc(c3)OCCCCC(=O)N(C)[C@@H](CCSC)C(=O)N2)c1. The van der Waals surface area contributed by atoms with E-state index in [1.807, 2.05) is 12.5 Å². The smallest absolute Gasteiger partial charge is 0.243 e. The third-order valence-electron chi connectivity index (χ3n) is 6.93. The van der Waals surface area contributed by atoms with Crippen LogP contribution in [0.1, 0.15) is 49.3 Å². The van der Waals surface area contributed by atoms with Crippen LogP contribution in [-0.4, -0.2) is 77.2 Å². The molecule has 10 heteroatoms. The van der Waals surface area contributed by atoms with Gasteiger partial charge in [-0.2, -0.15) is 11.8 Å². The molecule has 2 heterocycles. The third kappa shape index (κ3) is 9.77. The number of likely N-dealkylation sites (N-methyl/N-ethyl adjacent to an activating group) is 1.